The lowest BCUT2D eigenvalue weighted by Gasteiger charge is -2.24. The molecule has 0 amide bonds. The van der Waals surface area contributed by atoms with Crippen LogP contribution in [0.5, 0.6) is 5.75 Å². The van der Waals surface area contributed by atoms with Crippen LogP contribution in [0.4, 0.5) is 8.78 Å². The van der Waals surface area contributed by atoms with Crippen molar-refractivity contribution in [1.29, 1.82) is 0 Å². The van der Waals surface area contributed by atoms with Crippen molar-refractivity contribution in [2.24, 2.45) is 0 Å². The Kier molecular flexibility index (Phi) is 4.75. The average Bonchev–Trinajstić information content (AvgIpc) is 2.47. The molecule has 0 aromatic heterocycles. The number of ether oxygens (including phenoxy) is 2. The van der Waals surface area contributed by atoms with Crippen LogP contribution in [-0.4, -0.2) is 11.6 Å². The van der Waals surface area contributed by atoms with E-state index in [0.29, 0.717) is 11.3 Å². The molecule has 0 aliphatic rings. The molecule has 0 saturated carbocycles. The van der Waals surface area contributed by atoms with Gasteiger partial charge in [-0.25, -0.2) is 13.6 Å². The fourth-order valence-corrected chi connectivity index (χ4v) is 1.79. The number of esters is 1. The van der Waals surface area contributed by atoms with Crippen LogP contribution in [0, 0.1) is 11.6 Å². The summed E-state index contributed by atoms with van der Waals surface area (Å²) in [5.74, 6) is -1.02. The van der Waals surface area contributed by atoms with Crippen molar-refractivity contribution in [2.45, 2.75) is 26.1 Å². The van der Waals surface area contributed by atoms with E-state index in [-0.39, 0.29) is 12.4 Å². The Balaban J connectivity index is 1.96. The second kappa shape index (κ2) is 6.56. The number of hydrogen-bond acceptors (Lipinski definition) is 3. The van der Waals surface area contributed by atoms with Gasteiger partial charge in [0.1, 0.15) is 24.0 Å². The van der Waals surface area contributed by atoms with Gasteiger partial charge in [0, 0.05) is 0 Å². The highest BCUT2D eigenvalue weighted by molar-refractivity contribution is 5.79. The number of halogens is 2. The van der Waals surface area contributed by atoms with Crippen molar-refractivity contribution in [3.63, 3.8) is 0 Å². The minimum atomic E-state index is -1.24. The Hall–Kier alpha value is -2.43. The first kappa shape index (κ1) is 15.9. The normalized spacial score (nSPS) is 11.1. The van der Waals surface area contributed by atoms with E-state index in [4.69, 9.17) is 9.47 Å². The average molecular weight is 306 g/mol. The second-order valence-corrected chi connectivity index (χ2v) is 5.27. The van der Waals surface area contributed by atoms with E-state index in [1.807, 2.05) is 0 Å². The summed E-state index contributed by atoms with van der Waals surface area (Å²) in [5.41, 5.74) is -0.698. The molecule has 0 atom stereocenters. The van der Waals surface area contributed by atoms with E-state index in [0.717, 1.165) is 0 Å². The van der Waals surface area contributed by atoms with Gasteiger partial charge in [0.15, 0.2) is 5.60 Å². The van der Waals surface area contributed by atoms with Gasteiger partial charge >= 0.3 is 5.97 Å². The van der Waals surface area contributed by atoms with E-state index < -0.39 is 17.4 Å². The molecular weight excluding hydrogens is 290 g/mol. The zero-order valence-corrected chi connectivity index (χ0v) is 12.3. The van der Waals surface area contributed by atoms with Gasteiger partial charge in [-0.2, -0.15) is 0 Å². The molecule has 0 radical (unpaired) electrons. The van der Waals surface area contributed by atoms with E-state index in [2.05, 4.69) is 0 Å². The number of hydrogen-bond donors (Lipinski definition) is 0. The first-order valence-electron chi connectivity index (χ1n) is 6.73. The highest BCUT2D eigenvalue weighted by Crippen LogP contribution is 2.20. The number of carbonyl (C=O) groups is 1. The first-order valence-corrected chi connectivity index (χ1v) is 6.73. The molecule has 0 aliphatic heterocycles. The Morgan fingerprint density at radius 3 is 2.36 bits per heavy atom. The van der Waals surface area contributed by atoms with Gasteiger partial charge in [-0.1, -0.05) is 12.1 Å². The molecule has 3 nitrogen and oxygen atoms in total. The van der Waals surface area contributed by atoms with Gasteiger partial charge in [0.2, 0.25) is 0 Å². The molecule has 0 N–H and O–H groups in total. The van der Waals surface area contributed by atoms with Crippen molar-refractivity contribution >= 4 is 5.97 Å². The van der Waals surface area contributed by atoms with Crippen molar-refractivity contribution in [2.75, 3.05) is 0 Å². The van der Waals surface area contributed by atoms with Crippen LogP contribution in [0.3, 0.4) is 0 Å². The Morgan fingerprint density at radius 2 is 1.73 bits per heavy atom. The predicted molar refractivity (Wildman–Crippen MR) is 77.3 cm³/mol. The number of carbonyl (C=O) groups excluding carboxylic acids is 1. The van der Waals surface area contributed by atoms with Gasteiger partial charge in [0.25, 0.3) is 0 Å². The zero-order chi connectivity index (χ0) is 16.2. The second-order valence-electron chi connectivity index (χ2n) is 5.27. The molecule has 0 spiro atoms. The monoisotopic (exact) mass is 306 g/mol. The van der Waals surface area contributed by atoms with Crippen LogP contribution in [0.2, 0.25) is 0 Å². The highest BCUT2D eigenvalue weighted by Gasteiger charge is 2.31. The van der Waals surface area contributed by atoms with Crippen LogP contribution >= 0.6 is 0 Å². The molecule has 0 saturated heterocycles. The van der Waals surface area contributed by atoms with Crippen molar-refractivity contribution in [1.82, 2.24) is 0 Å². The molecule has 2 aromatic carbocycles. The molecule has 0 bridgehead atoms. The fraction of sp³-hybridized carbons (Fsp3) is 0.235. The maximum absolute atomic E-state index is 13.0. The largest absolute Gasteiger partial charge is 0.476 e. The molecule has 22 heavy (non-hydrogen) atoms. The molecule has 0 unspecified atom stereocenters. The summed E-state index contributed by atoms with van der Waals surface area (Å²) in [7, 11) is 0. The molecule has 0 fully saturated rings. The quantitative estimate of drug-likeness (QED) is 0.787. The molecule has 0 heterocycles. The minimum Gasteiger partial charge on any atom is -0.476 e. The van der Waals surface area contributed by atoms with Gasteiger partial charge in [0.05, 0.1) is 0 Å². The van der Waals surface area contributed by atoms with Gasteiger partial charge in [-0.05, 0) is 55.8 Å². The van der Waals surface area contributed by atoms with Crippen molar-refractivity contribution in [3.8, 4) is 5.75 Å². The van der Waals surface area contributed by atoms with E-state index in [1.54, 1.807) is 26.0 Å². The van der Waals surface area contributed by atoms with E-state index in [9.17, 15) is 13.6 Å². The summed E-state index contributed by atoms with van der Waals surface area (Å²) in [6.07, 6.45) is 0. The zero-order valence-electron chi connectivity index (χ0n) is 12.3. The molecule has 2 aromatic rings. The molecular formula is C17H16F2O3. The number of benzene rings is 2. The van der Waals surface area contributed by atoms with Crippen LogP contribution in [0.15, 0.2) is 48.5 Å². The third-order valence-electron chi connectivity index (χ3n) is 2.94. The maximum Gasteiger partial charge on any atom is 0.350 e. The van der Waals surface area contributed by atoms with Gasteiger partial charge in [-0.15, -0.1) is 0 Å². The van der Waals surface area contributed by atoms with Gasteiger partial charge < -0.3 is 9.47 Å². The summed E-state index contributed by atoms with van der Waals surface area (Å²) in [6.45, 7) is 3.04. The Labute approximate surface area is 127 Å². The fourth-order valence-electron chi connectivity index (χ4n) is 1.79. The molecule has 0 aliphatic carbocycles. The molecule has 5 heteroatoms. The minimum absolute atomic E-state index is 0.0488. The third kappa shape index (κ3) is 4.28. The van der Waals surface area contributed by atoms with Crippen LogP contribution in [0.1, 0.15) is 19.4 Å². The highest BCUT2D eigenvalue weighted by atomic mass is 19.1. The van der Waals surface area contributed by atoms with Crippen LogP contribution in [-0.2, 0) is 16.1 Å². The van der Waals surface area contributed by atoms with E-state index >= 15 is 0 Å². The van der Waals surface area contributed by atoms with Crippen LogP contribution in [0.25, 0.3) is 0 Å². The SMILES string of the molecule is CC(C)(Oc1ccc(F)cc1)C(=O)OCc1cccc(F)c1. The van der Waals surface area contributed by atoms with Crippen molar-refractivity contribution < 1.29 is 23.0 Å². The number of rotatable bonds is 5. The maximum atomic E-state index is 13.0. The van der Waals surface area contributed by atoms with Gasteiger partial charge in [-0.3, -0.25) is 0 Å². The summed E-state index contributed by atoms with van der Waals surface area (Å²) in [5, 5.41) is 0. The van der Waals surface area contributed by atoms with E-state index in [1.165, 1.54) is 36.4 Å². The lowest BCUT2D eigenvalue weighted by molar-refractivity contribution is -0.160. The topological polar surface area (TPSA) is 35.5 Å². The lowest BCUT2D eigenvalue weighted by Crippen LogP contribution is -2.39. The third-order valence-corrected chi connectivity index (χ3v) is 2.94. The molecule has 116 valence electrons. The summed E-state index contributed by atoms with van der Waals surface area (Å²) < 4.78 is 36.5. The van der Waals surface area contributed by atoms with Crippen LogP contribution < -0.4 is 4.74 Å². The lowest BCUT2D eigenvalue weighted by atomic mass is 10.1. The summed E-state index contributed by atoms with van der Waals surface area (Å²) in [4.78, 5) is 12.1. The molecule has 2 rings (SSSR count). The smallest absolute Gasteiger partial charge is 0.350 e. The van der Waals surface area contributed by atoms with Crippen molar-refractivity contribution in [3.05, 3.63) is 65.7 Å². The Morgan fingerprint density at radius 1 is 1.05 bits per heavy atom. The predicted octanol–water partition coefficient (Wildman–Crippen LogP) is 3.87. The Bertz CT molecular complexity index is 651. The summed E-state index contributed by atoms with van der Waals surface area (Å²) in [6, 6.07) is 11.1. The standard InChI is InChI=1S/C17H16F2O3/c1-17(2,22-15-8-6-13(18)7-9-15)16(20)21-11-12-4-3-5-14(19)10-12/h3-10H,11H2,1-2H3. The first-order chi connectivity index (χ1) is 10.4. The summed E-state index contributed by atoms with van der Waals surface area (Å²) >= 11 is 0.